The maximum absolute atomic E-state index is 9.97. The molecule has 0 aromatic carbocycles. The zero-order valence-corrected chi connectivity index (χ0v) is 10.5. The van der Waals surface area contributed by atoms with Crippen molar-refractivity contribution in [2.45, 2.75) is 24.5 Å². The van der Waals surface area contributed by atoms with Crippen molar-refractivity contribution in [1.82, 2.24) is 19.5 Å². The number of hydrogen-bond acceptors (Lipinski definition) is 7. The monoisotopic (exact) mass is 284 g/mol. The van der Waals surface area contributed by atoms with Crippen LogP contribution in [0.4, 0.5) is 0 Å². The van der Waals surface area contributed by atoms with Gasteiger partial charge in [0.1, 0.15) is 29.5 Å². The van der Waals surface area contributed by atoms with E-state index in [0.717, 1.165) is 0 Å². The van der Waals surface area contributed by atoms with Gasteiger partial charge in [0.15, 0.2) is 11.0 Å². The van der Waals surface area contributed by atoms with Crippen molar-refractivity contribution >= 4 is 23.4 Å². The maximum atomic E-state index is 9.97. The number of H-pyrrole nitrogens is 1. The van der Waals surface area contributed by atoms with Crippen molar-refractivity contribution in [3.63, 3.8) is 0 Å². The number of imidazole rings is 1. The van der Waals surface area contributed by atoms with Crippen LogP contribution >= 0.6 is 12.2 Å². The summed E-state index contributed by atoms with van der Waals surface area (Å²) in [4.78, 5) is 10.9. The summed E-state index contributed by atoms with van der Waals surface area (Å²) in [5, 5.41) is 28.8. The Bertz CT molecular complexity index is 656. The molecule has 4 N–H and O–H groups in total. The topological polar surface area (TPSA) is 116 Å². The Kier molecular flexibility index (Phi) is 3.07. The minimum atomic E-state index is -1.16. The van der Waals surface area contributed by atoms with Crippen molar-refractivity contribution in [1.29, 1.82) is 0 Å². The minimum absolute atomic E-state index is 0.279. The molecular formula is C10H12N4O4S. The fourth-order valence-electron chi connectivity index (χ4n) is 2.15. The molecule has 1 fully saturated rings. The molecule has 2 aromatic heterocycles. The number of aliphatic hydroxyl groups is 3. The van der Waals surface area contributed by atoms with Gasteiger partial charge in [-0.05, 0) is 12.2 Å². The van der Waals surface area contributed by atoms with E-state index < -0.39 is 24.5 Å². The van der Waals surface area contributed by atoms with Crippen LogP contribution in [0.1, 0.15) is 6.23 Å². The van der Waals surface area contributed by atoms with Crippen LogP contribution in [0, 0.1) is 4.77 Å². The van der Waals surface area contributed by atoms with Crippen molar-refractivity contribution in [3.8, 4) is 0 Å². The number of nitrogens with one attached hydrogen (secondary N) is 1. The van der Waals surface area contributed by atoms with E-state index in [2.05, 4.69) is 15.0 Å². The Labute approximate surface area is 112 Å². The third-order valence-electron chi connectivity index (χ3n) is 3.14. The summed E-state index contributed by atoms with van der Waals surface area (Å²) in [5.74, 6) is 0. The fraction of sp³-hybridized carbons (Fsp3) is 0.500. The molecule has 102 valence electrons. The summed E-state index contributed by atoms with van der Waals surface area (Å²) in [6.45, 7) is -0.376. The van der Waals surface area contributed by atoms with E-state index in [1.807, 2.05) is 0 Å². The van der Waals surface area contributed by atoms with E-state index in [1.165, 1.54) is 17.1 Å². The molecule has 0 aliphatic carbocycles. The third kappa shape index (κ3) is 1.95. The van der Waals surface area contributed by atoms with E-state index in [9.17, 15) is 10.2 Å². The van der Waals surface area contributed by atoms with Gasteiger partial charge >= 0.3 is 0 Å². The quantitative estimate of drug-likeness (QED) is 0.528. The highest BCUT2D eigenvalue weighted by atomic mass is 32.1. The Balaban J connectivity index is 2.05. The highest BCUT2D eigenvalue weighted by molar-refractivity contribution is 7.71. The number of nitrogens with zero attached hydrogens (tertiary/aromatic N) is 3. The predicted molar refractivity (Wildman–Crippen MR) is 65.7 cm³/mol. The van der Waals surface area contributed by atoms with Gasteiger partial charge in [0.25, 0.3) is 0 Å². The molecule has 0 saturated carbocycles. The third-order valence-corrected chi connectivity index (χ3v) is 3.35. The second-order valence-corrected chi connectivity index (χ2v) is 4.69. The van der Waals surface area contributed by atoms with Crippen molar-refractivity contribution < 1.29 is 20.1 Å². The van der Waals surface area contributed by atoms with Gasteiger partial charge in [0.05, 0.1) is 19.1 Å². The average molecular weight is 284 g/mol. The molecule has 3 rings (SSSR count). The molecule has 3 heterocycles. The Morgan fingerprint density at radius 1 is 1.37 bits per heavy atom. The second kappa shape index (κ2) is 4.62. The summed E-state index contributed by atoms with van der Waals surface area (Å²) >= 11 is 4.94. The largest absolute Gasteiger partial charge is 0.394 e. The molecule has 9 heteroatoms. The lowest BCUT2D eigenvalue weighted by atomic mass is 10.1. The summed E-state index contributed by atoms with van der Waals surface area (Å²) in [6.07, 6.45) is -1.03. The predicted octanol–water partition coefficient (Wildman–Crippen LogP) is -0.900. The molecular weight excluding hydrogens is 272 g/mol. The molecule has 1 saturated heterocycles. The van der Waals surface area contributed by atoms with Gasteiger partial charge in [-0.3, -0.25) is 4.57 Å². The summed E-state index contributed by atoms with van der Waals surface area (Å²) in [6, 6.07) is 0. The van der Waals surface area contributed by atoms with Crippen molar-refractivity contribution in [2.24, 2.45) is 0 Å². The lowest BCUT2D eigenvalue weighted by molar-refractivity contribution is -0.0511. The highest BCUT2D eigenvalue weighted by Crippen LogP contribution is 2.30. The zero-order chi connectivity index (χ0) is 13.6. The molecule has 0 radical (unpaired) electrons. The van der Waals surface area contributed by atoms with Gasteiger partial charge in [0, 0.05) is 0 Å². The first-order valence-electron chi connectivity index (χ1n) is 5.66. The number of rotatable bonds is 2. The van der Waals surface area contributed by atoms with E-state index in [1.54, 1.807) is 0 Å². The molecule has 1 aliphatic rings. The Morgan fingerprint density at radius 2 is 2.16 bits per heavy atom. The van der Waals surface area contributed by atoms with Crippen molar-refractivity contribution in [2.75, 3.05) is 6.61 Å². The van der Waals surface area contributed by atoms with Gasteiger partial charge in [-0.1, -0.05) is 0 Å². The summed E-state index contributed by atoms with van der Waals surface area (Å²) in [5.41, 5.74) is 1.10. The molecule has 8 nitrogen and oxygen atoms in total. The van der Waals surface area contributed by atoms with E-state index in [-0.39, 0.29) is 11.4 Å². The first-order chi connectivity index (χ1) is 9.11. The van der Waals surface area contributed by atoms with Crippen LogP contribution in [0.2, 0.25) is 0 Å². The van der Waals surface area contributed by atoms with Crippen LogP contribution in [0.5, 0.6) is 0 Å². The van der Waals surface area contributed by atoms with Gasteiger partial charge in [-0.15, -0.1) is 0 Å². The first-order valence-corrected chi connectivity index (χ1v) is 6.07. The van der Waals surface area contributed by atoms with Crippen LogP contribution in [-0.4, -0.2) is 59.8 Å². The standard InChI is InChI=1S/C10H12N4O4S/c15-2-5-6(16)7(17)9(18-5)14-3-12-4-1-11-10(19)13-8(4)14/h1,3,5-7,9,15-17H,2H2,(H,11,13,19)/t5-,6-,7-,9?/m1/s1. The minimum Gasteiger partial charge on any atom is -0.394 e. The van der Waals surface area contributed by atoms with Crippen LogP contribution < -0.4 is 0 Å². The maximum Gasteiger partial charge on any atom is 0.198 e. The molecule has 0 bridgehead atoms. The second-order valence-electron chi connectivity index (χ2n) is 4.30. The van der Waals surface area contributed by atoms with Gasteiger partial charge in [-0.2, -0.15) is 0 Å². The van der Waals surface area contributed by atoms with Gasteiger partial charge < -0.3 is 25.0 Å². The molecule has 0 amide bonds. The number of ether oxygens (including phenoxy) is 1. The number of fused-ring (bicyclic) bond motifs is 1. The summed E-state index contributed by atoms with van der Waals surface area (Å²) in [7, 11) is 0. The number of aliphatic hydroxyl groups excluding tert-OH is 3. The van der Waals surface area contributed by atoms with Gasteiger partial charge in [0.2, 0.25) is 0 Å². The van der Waals surface area contributed by atoms with E-state index in [0.29, 0.717) is 11.2 Å². The number of hydrogen-bond donors (Lipinski definition) is 4. The van der Waals surface area contributed by atoms with Crippen LogP contribution in [0.25, 0.3) is 11.2 Å². The Hall–Kier alpha value is -1.39. The zero-order valence-electron chi connectivity index (χ0n) is 9.67. The molecule has 4 atom stereocenters. The highest BCUT2D eigenvalue weighted by Gasteiger charge is 2.43. The number of aromatic amines is 1. The molecule has 19 heavy (non-hydrogen) atoms. The Morgan fingerprint density at radius 3 is 2.84 bits per heavy atom. The van der Waals surface area contributed by atoms with Crippen LogP contribution in [-0.2, 0) is 4.74 Å². The van der Waals surface area contributed by atoms with Crippen LogP contribution in [0.15, 0.2) is 12.5 Å². The van der Waals surface area contributed by atoms with Crippen molar-refractivity contribution in [3.05, 3.63) is 17.3 Å². The SMILES string of the molecule is OC[C@H]1OC(n2cnc3cnc(=S)[nH]c32)[C@H](O)[C@@H]1O. The van der Waals surface area contributed by atoms with Gasteiger partial charge in [-0.25, -0.2) is 9.97 Å². The average Bonchev–Trinajstić information content (AvgIpc) is 2.92. The molecule has 1 aliphatic heterocycles. The first kappa shape index (κ1) is 12.6. The van der Waals surface area contributed by atoms with E-state index in [4.69, 9.17) is 22.1 Å². The normalized spacial score (nSPS) is 31.1. The van der Waals surface area contributed by atoms with Crippen LogP contribution in [0.3, 0.4) is 0 Å². The number of aromatic nitrogens is 4. The lowest BCUT2D eigenvalue weighted by Crippen LogP contribution is -2.33. The molecule has 2 aromatic rings. The van der Waals surface area contributed by atoms with E-state index >= 15 is 0 Å². The lowest BCUT2D eigenvalue weighted by Gasteiger charge is -2.16. The molecule has 0 spiro atoms. The fourth-order valence-corrected chi connectivity index (χ4v) is 2.30. The smallest absolute Gasteiger partial charge is 0.198 e. The summed E-state index contributed by atoms with van der Waals surface area (Å²) < 4.78 is 7.23. The molecule has 1 unspecified atom stereocenters.